The van der Waals surface area contributed by atoms with Crippen molar-refractivity contribution in [2.75, 3.05) is 6.61 Å². The lowest BCUT2D eigenvalue weighted by Gasteiger charge is -2.05. The molecule has 1 aromatic heterocycles. The fourth-order valence-electron chi connectivity index (χ4n) is 2.78. The summed E-state index contributed by atoms with van der Waals surface area (Å²) in [6.07, 6.45) is 2.06. The number of hydrogen-bond donors (Lipinski definition) is 0. The van der Waals surface area contributed by atoms with Crippen LogP contribution in [-0.4, -0.2) is 21.9 Å². The van der Waals surface area contributed by atoms with Crippen molar-refractivity contribution in [3.63, 3.8) is 0 Å². The van der Waals surface area contributed by atoms with Gasteiger partial charge in [-0.25, -0.2) is 0 Å². The zero-order valence-electron chi connectivity index (χ0n) is 14.1. The molecule has 0 aliphatic carbocycles. The van der Waals surface area contributed by atoms with Crippen LogP contribution in [0.1, 0.15) is 16.8 Å². The van der Waals surface area contributed by atoms with E-state index >= 15 is 0 Å². The molecule has 0 aliphatic heterocycles. The summed E-state index contributed by atoms with van der Waals surface area (Å²) in [5, 5.41) is 20.3. The van der Waals surface area contributed by atoms with Crippen molar-refractivity contribution in [2.24, 2.45) is 0 Å². The molecule has 0 spiro atoms. The molecule has 0 fully saturated rings. The van der Waals surface area contributed by atoms with Gasteiger partial charge < -0.3 is 9.30 Å². The Balaban J connectivity index is 1.80. The molecule has 2 aromatic carbocycles. The second-order valence-corrected chi connectivity index (χ2v) is 6.15. The van der Waals surface area contributed by atoms with Gasteiger partial charge in [0.1, 0.15) is 10.8 Å². The number of ether oxygens (including phenoxy) is 1. The maximum Gasteiger partial charge on any atom is 0.288 e. The van der Waals surface area contributed by atoms with Crippen LogP contribution < -0.4 is 4.74 Å². The van der Waals surface area contributed by atoms with Crippen LogP contribution in [0.25, 0.3) is 10.9 Å². The molecule has 3 rings (SSSR count). The highest BCUT2D eigenvalue weighted by molar-refractivity contribution is 6.32. The molecule has 0 N–H and O–H groups in total. The highest BCUT2D eigenvalue weighted by atomic mass is 35.5. The van der Waals surface area contributed by atoms with Crippen LogP contribution in [0.5, 0.6) is 5.75 Å². The van der Waals surface area contributed by atoms with Crippen LogP contribution in [0, 0.1) is 21.4 Å². The summed E-state index contributed by atoms with van der Waals surface area (Å²) in [5.74, 6) is 0.0311. The summed E-state index contributed by atoms with van der Waals surface area (Å²) >= 11 is 5.85. The van der Waals surface area contributed by atoms with E-state index in [1.54, 1.807) is 6.20 Å². The SMILES string of the molecule is N#CCCn1cc(C(=O)COc2ccc([N+](=O)[O-])c(Cl)c2)c2ccccc21. The van der Waals surface area contributed by atoms with Gasteiger partial charge in [0.15, 0.2) is 6.61 Å². The molecule has 0 aliphatic rings. The van der Waals surface area contributed by atoms with E-state index in [0.717, 1.165) is 10.9 Å². The largest absolute Gasteiger partial charge is 0.485 e. The van der Waals surface area contributed by atoms with Crippen molar-refractivity contribution in [1.82, 2.24) is 4.57 Å². The molecule has 1 heterocycles. The van der Waals surface area contributed by atoms with Crippen molar-refractivity contribution in [3.05, 3.63) is 69.4 Å². The number of Topliss-reactive ketones (excluding diaryl/α,β-unsaturated/α-hetero) is 1. The van der Waals surface area contributed by atoms with E-state index in [2.05, 4.69) is 6.07 Å². The van der Waals surface area contributed by atoms with Crippen molar-refractivity contribution in [1.29, 1.82) is 5.26 Å². The van der Waals surface area contributed by atoms with Gasteiger partial charge in [-0.1, -0.05) is 29.8 Å². The number of para-hydroxylation sites is 1. The summed E-state index contributed by atoms with van der Waals surface area (Å²) in [7, 11) is 0. The van der Waals surface area contributed by atoms with E-state index in [1.165, 1.54) is 18.2 Å². The Morgan fingerprint density at radius 3 is 2.78 bits per heavy atom. The first-order valence-electron chi connectivity index (χ1n) is 8.06. The molecular weight excluding hydrogens is 370 g/mol. The average molecular weight is 384 g/mol. The molecule has 0 saturated heterocycles. The Morgan fingerprint density at radius 1 is 1.30 bits per heavy atom. The maximum absolute atomic E-state index is 12.6. The standard InChI is InChI=1S/C19H14ClN3O4/c20-16-10-13(6-7-18(16)23(25)26)27-12-19(24)15-11-22(9-3-8-21)17-5-2-1-4-14(15)17/h1-2,4-7,10-11H,3,9,12H2. The molecule has 136 valence electrons. The average Bonchev–Trinajstić information content (AvgIpc) is 3.03. The van der Waals surface area contributed by atoms with Crippen LogP contribution in [0.2, 0.25) is 5.02 Å². The Labute approximate surface area is 159 Å². The van der Waals surface area contributed by atoms with Crippen molar-refractivity contribution < 1.29 is 14.5 Å². The number of aromatic nitrogens is 1. The molecular formula is C19H14ClN3O4. The van der Waals surface area contributed by atoms with Gasteiger partial charge in [-0.05, 0) is 12.1 Å². The number of nitriles is 1. The minimum atomic E-state index is -0.590. The Kier molecular flexibility index (Phi) is 5.38. The topological polar surface area (TPSA) is 98.2 Å². The Bertz CT molecular complexity index is 1070. The first-order chi connectivity index (χ1) is 13.0. The summed E-state index contributed by atoms with van der Waals surface area (Å²) in [6, 6.07) is 13.5. The fourth-order valence-corrected chi connectivity index (χ4v) is 3.02. The fraction of sp³-hybridized carbons (Fsp3) is 0.158. The van der Waals surface area contributed by atoms with E-state index in [4.69, 9.17) is 21.6 Å². The van der Waals surface area contributed by atoms with Crippen molar-refractivity contribution in [2.45, 2.75) is 13.0 Å². The third-order valence-corrected chi connectivity index (χ3v) is 4.34. The molecule has 27 heavy (non-hydrogen) atoms. The number of nitrogens with zero attached hydrogens (tertiary/aromatic N) is 3. The molecule has 7 nitrogen and oxygen atoms in total. The monoisotopic (exact) mass is 383 g/mol. The number of fused-ring (bicyclic) bond motifs is 1. The zero-order chi connectivity index (χ0) is 19.4. The third-order valence-electron chi connectivity index (χ3n) is 4.04. The van der Waals surface area contributed by atoms with Gasteiger partial charge in [-0.15, -0.1) is 0 Å². The summed E-state index contributed by atoms with van der Waals surface area (Å²) in [6.45, 7) is 0.253. The van der Waals surface area contributed by atoms with Gasteiger partial charge in [0.2, 0.25) is 5.78 Å². The van der Waals surface area contributed by atoms with Crippen LogP contribution in [0.4, 0.5) is 5.69 Å². The van der Waals surface area contributed by atoms with Gasteiger partial charge in [0.25, 0.3) is 5.69 Å². The highest BCUT2D eigenvalue weighted by Gasteiger charge is 2.17. The number of nitro groups is 1. The number of benzene rings is 2. The number of carbonyl (C=O) groups excluding carboxylic acids is 1. The number of ketones is 1. The van der Waals surface area contributed by atoms with Gasteiger partial charge in [-0.3, -0.25) is 14.9 Å². The molecule has 0 atom stereocenters. The zero-order valence-corrected chi connectivity index (χ0v) is 14.8. The number of carbonyl (C=O) groups is 1. The van der Waals surface area contributed by atoms with Crippen LogP contribution in [0.15, 0.2) is 48.7 Å². The molecule has 0 unspecified atom stereocenters. The van der Waals surface area contributed by atoms with E-state index in [9.17, 15) is 14.9 Å². The van der Waals surface area contributed by atoms with Gasteiger partial charge in [-0.2, -0.15) is 5.26 Å². The van der Waals surface area contributed by atoms with E-state index in [1.807, 2.05) is 28.8 Å². The van der Waals surface area contributed by atoms with Gasteiger partial charge in [0.05, 0.1) is 17.4 Å². The lowest BCUT2D eigenvalue weighted by molar-refractivity contribution is -0.384. The third kappa shape index (κ3) is 3.91. The first-order valence-corrected chi connectivity index (χ1v) is 8.44. The minimum absolute atomic E-state index is 0.0574. The minimum Gasteiger partial charge on any atom is -0.485 e. The molecule has 0 amide bonds. The van der Waals surface area contributed by atoms with Crippen molar-refractivity contribution in [3.8, 4) is 11.8 Å². The molecule has 0 bridgehead atoms. The van der Waals surface area contributed by atoms with Crippen LogP contribution in [-0.2, 0) is 6.54 Å². The summed E-state index contributed by atoms with van der Waals surface area (Å²) < 4.78 is 7.33. The Morgan fingerprint density at radius 2 is 2.07 bits per heavy atom. The smallest absolute Gasteiger partial charge is 0.288 e. The highest BCUT2D eigenvalue weighted by Crippen LogP contribution is 2.29. The quantitative estimate of drug-likeness (QED) is 0.342. The molecule has 8 heteroatoms. The van der Waals surface area contributed by atoms with Crippen molar-refractivity contribution >= 4 is 34.0 Å². The molecule has 3 aromatic rings. The van der Waals surface area contributed by atoms with Gasteiger partial charge in [0, 0.05) is 41.3 Å². The molecule has 0 saturated carbocycles. The predicted octanol–water partition coefficient (Wildman–Crippen LogP) is 4.38. The number of halogens is 1. The lowest BCUT2D eigenvalue weighted by atomic mass is 10.1. The predicted molar refractivity (Wildman–Crippen MR) is 100 cm³/mol. The van der Waals surface area contributed by atoms with E-state index in [-0.39, 0.29) is 28.8 Å². The second-order valence-electron chi connectivity index (χ2n) is 5.74. The number of rotatable bonds is 7. The van der Waals surface area contributed by atoms with Gasteiger partial charge >= 0.3 is 0 Å². The number of hydrogen-bond acceptors (Lipinski definition) is 5. The number of aryl methyl sites for hydroxylation is 1. The van der Waals surface area contributed by atoms with E-state index < -0.39 is 4.92 Å². The molecule has 0 radical (unpaired) electrons. The van der Waals surface area contributed by atoms with E-state index in [0.29, 0.717) is 18.5 Å². The first kappa shape index (κ1) is 18.4. The normalized spacial score (nSPS) is 10.5. The van der Waals surface area contributed by atoms with Crippen LogP contribution >= 0.6 is 11.6 Å². The van der Waals surface area contributed by atoms with Crippen LogP contribution in [0.3, 0.4) is 0 Å². The second kappa shape index (κ2) is 7.89. The summed E-state index contributed by atoms with van der Waals surface area (Å²) in [5.41, 5.74) is 1.14. The lowest BCUT2D eigenvalue weighted by Crippen LogP contribution is -2.11. The Hall–Kier alpha value is -3.37. The maximum atomic E-state index is 12.6. The summed E-state index contributed by atoms with van der Waals surface area (Å²) in [4.78, 5) is 22.8. The number of nitro benzene ring substituents is 1.